The monoisotopic (exact) mass is 328 g/mol. The van der Waals surface area contributed by atoms with Crippen LogP contribution >= 0.6 is 0 Å². The van der Waals surface area contributed by atoms with Crippen molar-refractivity contribution in [1.29, 1.82) is 0 Å². The summed E-state index contributed by atoms with van der Waals surface area (Å²) in [5, 5.41) is 18.5. The molecule has 0 aliphatic carbocycles. The Morgan fingerprint density at radius 1 is 0.609 bits per heavy atom. The Morgan fingerprint density at radius 3 is 1.39 bits per heavy atom. The van der Waals surface area contributed by atoms with Crippen molar-refractivity contribution in [3.8, 4) is 0 Å². The van der Waals surface area contributed by atoms with Gasteiger partial charge in [-0.05, 0) is 12.8 Å². The van der Waals surface area contributed by atoms with E-state index < -0.39 is 23.8 Å². The fourth-order valence-corrected chi connectivity index (χ4v) is 3.16. The first-order chi connectivity index (χ1) is 11.0. The van der Waals surface area contributed by atoms with Crippen LogP contribution in [-0.4, -0.2) is 22.2 Å². The molecule has 0 radical (unpaired) electrons. The first-order valence-electron chi connectivity index (χ1n) is 9.50. The van der Waals surface area contributed by atoms with Gasteiger partial charge in [0.05, 0.1) is 11.8 Å². The molecule has 0 spiro atoms. The second-order valence-corrected chi connectivity index (χ2v) is 6.65. The molecule has 0 heterocycles. The molecule has 0 amide bonds. The maximum absolute atomic E-state index is 11.3. The topological polar surface area (TPSA) is 74.6 Å². The van der Waals surface area contributed by atoms with Crippen LogP contribution in [-0.2, 0) is 9.59 Å². The Bertz CT molecular complexity index is 314. The molecule has 136 valence electrons. The highest BCUT2D eigenvalue weighted by molar-refractivity contribution is 5.79. The van der Waals surface area contributed by atoms with Gasteiger partial charge in [-0.3, -0.25) is 9.59 Å². The van der Waals surface area contributed by atoms with Gasteiger partial charge in [0.1, 0.15) is 0 Å². The normalized spacial score (nSPS) is 13.7. The molecule has 2 unspecified atom stereocenters. The van der Waals surface area contributed by atoms with E-state index in [-0.39, 0.29) is 0 Å². The van der Waals surface area contributed by atoms with Gasteiger partial charge in [0, 0.05) is 0 Å². The van der Waals surface area contributed by atoms with Gasteiger partial charge in [-0.1, -0.05) is 84.5 Å². The number of hydrogen-bond acceptors (Lipinski definition) is 2. The average Bonchev–Trinajstić information content (AvgIpc) is 2.50. The summed E-state index contributed by atoms with van der Waals surface area (Å²) in [5.41, 5.74) is 0. The largest absolute Gasteiger partial charge is 0.481 e. The first-order valence-corrected chi connectivity index (χ1v) is 9.50. The van der Waals surface area contributed by atoms with Gasteiger partial charge in [-0.15, -0.1) is 0 Å². The van der Waals surface area contributed by atoms with E-state index >= 15 is 0 Å². The molecule has 2 N–H and O–H groups in total. The molecule has 0 aliphatic heterocycles. The Hall–Kier alpha value is -1.06. The summed E-state index contributed by atoms with van der Waals surface area (Å²) in [7, 11) is 0. The fourth-order valence-electron chi connectivity index (χ4n) is 3.16. The predicted molar refractivity (Wildman–Crippen MR) is 93.6 cm³/mol. The predicted octanol–water partition coefficient (Wildman–Crippen LogP) is 5.50. The lowest BCUT2D eigenvalue weighted by molar-refractivity contribution is -0.154. The molecule has 2 atom stereocenters. The standard InChI is InChI=1S/C19H36O4/c1-3-5-6-7-8-9-10-11-12-13-15-17(19(22)23)16(14-4-2)18(20)21/h16-17H,3-15H2,1-2H3,(H,20,21)(H,22,23). The van der Waals surface area contributed by atoms with E-state index in [2.05, 4.69) is 6.92 Å². The highest BCUT2D eigenvalue weighted by Gasteiger charge is 2.32. The van der Waals surface area contributed by atoms with Crippen molar-refractivity contribution in [3.63, 3.8) is 0 Å². The van der Waals surface area contributed by atoms with Crippen molar-refractivity contribution in [1.82, 2.24) is 0 Å². The minimum Gasteiger partial charge on any atom is -0.481 e. The maximum Gasteiger partial charge on any atom is 0.307 e. The van der Waals surface area contributed by atoms with Crippen LogP contribution in [0.2, 0.25) is 0 Å². The zero-order valence-corrected chi connectivity index (χ0v) is 15.1. The van der Waals surface area contributed by atoms with Gasteiger partial charge >= 0.3 is 11.9 Å². The van der Waals surface area contributed by atoms with Crippen molar-refractivity contribution < 1.29 is 19.8 Å². The molecule has 0 saturated carbocycles. The fraction of sp³-hybridized carbons (Fsp3) is 0.895. The number of rotatable bonds is 16. The number of hydrogen-bond donors (Lipinski definition) is 2. The first kappa shape index (κ1) is 21.9. The van der Waals surface area contributed by atoms with E-state index in [0.29, 0.717) is 19.3 Å². The van der Waals surface area contributed by atoms with Gasteiger partial charge in [-0.2, -0.15) is 0 Å². The van der Waals surface area contributed by atoms with E-state index in [0.717, 1.165) is 19.3 Å². The van der Waals surface area contributed by atoms with E-state index in [1.807, 2.05) is 6.92 Å². The quantitative estimate of drug-likeness (QED) is 0.367. The van der Waals surface area contributed by atoms with Crippen LogP contribution in [0.25, 0.3) is 0 Å². The highest BCUT2D eigenvalue weighted by Crippen LogP contribution is 2.25. The molecular weight excluding hydrogens is 292 g/mol. The molecule has 0 rings (SSSR count). The van der Waals surface area contributed by atoms with Gasteiger partial charge in [0.2, 0.25) is 0 Å². The van der Waals surface area contributed by atoms with Crippen molar-refractivity contribution in [2.24, 2.45) is 11.8 Å². The number of carbonyl (C=O) groups is 2. The number of unbranched alkanes of at least 4 members (excludes halogenated alkanes) is 9. The number of carboxylic acids is 2. The second-order valence-electron chi connectivity index (χ2n) is 6.65. The molecule has 0 aliphatic rings. The molecule has 0 bridgehead atoms. The lowest BCUT2D eigenvalue weighted by Gasteiger charge is -2.19. The third-order valence-electron chi connectivity index (χ3n) is 4.59. The van der Waals surface area contributed by atoms with Crippen molar-refractivity contribution in [3.05, 3.63) is 0 Å². The summed E-state index contributed by atoms with van der Waals surface area (Å²) < 4.78 is 0. The Kier molecular flexibility index (Phi) is 13.9. The third kappa shape index (κ3) is 11.2. The summed E-state index contributed by atoms with van der Waals surface area (Å²) >= 11 is 0. The van der Waals surface area contributed by atoms with Crippen LogP contribution < -0.4 is 0 Å². The zero-order chi connectivity index (χ0) is 17.5. The number of aliphatic carboxylic acids is 2. The molecule has 0 aromatic rings. The molecule has 23 heavy (non-hydrogen) atoms. The van der Waals surface area contributed by atoms with Crippen LogP contribution in [0, 0.1) is 11.8 Å². The van der Waals surface area contributed by atoms with Crippen LogP contribution in [0.5, 0.6) is 0 Å². The smallest absolute Gasteiger partial charge is 0.307 e. The Morgan fingerprint density at radius 2 is 1.00 bits per heavy atom. The van der Waals surface area contributed by atoms with Gasteiger partial charge in [0.15, 0.2) is 0 Å². The maximum atomic E-state index is 11.3. The van der Waals surface area contributed by atoms with Crippen molar-refractivity contribution >= 4 is 11.9 Å². The van der Waals surface area contributed by atoms with E-state index in [9.17, 15) is 19.8 Å². The highest BCUT2D eigenvalue weighted by atomic mass is 16.4. The van der Waals surface area contributed by atoms with Gasteiger partial charge in [-0.25, -0.2) is 0 Å². The zero-order valence-electron chi connectivity index (χ0n) is 15.1. The second kappa shape index (κ2) is 14.5. The van der Waals surface area contributed by atoms with Crippen LogP contribution in [0.3, 0.4) is 0 Å². The van der Waals surface area contributed by atoms with E-state index in [4.69, 9.17) is 0 Å². The summed E-state index contributed by atoms with van der Waals surface area (Å²) in [6.45, 7) is 4.12. The lowest BCUT2D eigenvalue weighted by Crippen LogP contribution is -2.29. The van der Waals surface area contributed by atoms with Crippen molar-refractivity contribution in [2.75, 3.05) is 0 Å². The minimum atomic E-state index is -0.966. The molecular formula is C19H36O4. The Labute approximate surface area is 141 Å². The third-order valence-corrected chi connectivity index (χ3v) is 4.59. The molecule has 0 fully saturated rings. The lowest BCUT2D eigenvalue weighted by atomic mass is 9.84. The van der Waals surface area contributed by atoms with E-state index in [1.54, 1.807) is 0 Å². The SMILES string of the molecule is CCCCCCCCCCCCC(C(=O)O)C(CCC)C(=O)O. The van der Waals surface area contributed by atoms with Crippen LogP contribution in [0.4, 0.5) is 0 Å². The number of carboxylic acid groups (broad SMARTS) is 2. The Balaban J connectivity index is 3.84. The molecule has 0 aromatic heterocycles. The summed E-state index contributed by atoms with van der Waals surface area (Å²) in [6, 6.07) is 0. The minimum absolute atomic E-state index is 0.448. The van der Waals surface area contributed by atoms with Crippen molar-refractivity contribution in [2.45, 2.75) is 97.3 Å². The summed E-state index contributed by atoms with van der Waals surface area (Å²) in [4.78, 5) is 22.6. The molecule has 4 heteroatoms. The summed E-state index contributed by atoms with van der Waals surface area (Å²) in [6.07, 6.45) is 13.7. The average molecular weight is 328 g/mol. The van der Waals surface area contributed by atoms with Crippen LogP contribution in [0.1, 0.15) is 97.3 Å². The molecule has 0 saturated heterocycles. The van der Waals surface area contributed by atoms with Gasteiger partial charge in [0.25, 0.3) is 0 Å². The van der Waals surface area contributed by atoms with Crippen LogP contribution in [0.15, 0.2) is 0 Å². The summed E-state index contributed by atoms with van der Waals surface area (Å²) in [5.74, 6) is -3.40. The van der Waals surface area contributed by atoms with Gasteiger partial charge < -0.3 is 10.2 Å². The van der Waals surface area contributed by atoms with E-state index in [1.165, 1.54) is 44.9 Å². The molecule has 4 nitrogen and oxygen atoms in total. The molecule has 0 aromatic carbocycles.